The van der Waals surface area contributed by atoms with Crippen molar-refractivity contribution in [2.75, 3.05) is 10.0 Å². The molecule has 0 saturated carbocycles. The molecule has 0 atom stereocenters. The third-order valence-corrected chi connectivity index (χ3v) is 7.79. The van der Waals surface area contributed by atoms with Crippen LogP contribution in [0.3, 0.4) is 0 Å². The van der Waals surface area contributed by atoms with Crippen molar-refractivity contribution < 1.29 is 17.9 Å². The number of anilines is 2. The van der Waals surface area contributed by atoms with Gasteiger partial charge in [0.2, 0.25) is 0 Å². The maximum Gasteiger partial charge on any atom is 0.261 e. The summed E-state index contributed by atoms with van der Waals surface area (Å²) in [6.07, 6.45) is 0. The van der Waals surface area contributed by atoms with Gasteiger partial charge in [0.05, 0.1) is 21.2 Å². The molecule has 4 aromatic carbocycles. The Morgan fingerprint density at radius 2 is 1.54 bits per heavy atom. The molecule has 1 amide bonds. The minimum atomic E-state index is -4.04. The molecule has 6 nitrogen and oxygen atoms in total. The summed E-state index contributed by atoms with van der Waals surface area (Å²) in [5.41, 5.74) is 2.50. The second-order valence-electron chi connectivity index (χ2n) is 8.17. The molecule has 0 saturated heterocycles. The number of hydrogen-bond donors (Lipinski definition) is 2. The second kappa shape index (κ2) is 11.1. The van der Waals surface area contributed by atoms with Gasteiger partial charge in [0.1, 0.15) is 11.5 Å². The van der Waals surface area contributed by atoms with Crippen LogP contribution < -0.4 is 14.8 Å². The number of hydrogen-bond acceptors (Lipinski definition) is 4. The largest absolute Gasteiger partial charge is 0.456 e. The first-order valence-corrected chi connectivity index (χ1v) is 14.0. The Hall–Kier alpha value is -3.04. The molecule has 0 spiro atoms. The quantitative estimate of drug-likeness (QED) is 0.218. The number of carbonyl (C=O) groups excluding carboxylic acids is 1. The molecule has 0 unspecified atom stereocenters. The van der Waals surface area contributed by atoms with Gasteiger partial charge in [-0.25, -0.2) is 8.42 Å². The number of carbonyl (C=O) groups is 1. The summed E-state index contributed by atoms with van der Waals surface area (Å²) in [4.78, 5) is 13.2. The smallest absolute Gasteiger partial charge is 0.261 e. The van der Waals surface area contributed by atoms with Gasteiger partial charge in [-0.05, 0) is 91.7 Å². The highest BCUT2D eigenvalue weighted by atomic mass is 79.9. The molecule has 2 N–H and O–H groups in total. The molecule has 4 rings (SSSR count). The number of para-hydroxylation sites is 1. The van der Waals surface area contributed by atoms with E-state index in [0.29, 0.717) is 27.2 Å². The minimum absolute atomic E-state index is 0.0140. The summed E-state index contributed by atoms with van der Waals surface area (Å²) in [5.74, 6) is 0.363. The SMILES string of the molecule is Cc1cc(Br)cc(C)c1NC(=O)c1cc(Cl)ccc1NS(=O)(=O)c1ccc(Oc2ccccc2Cl)cc1. The van der Waals surface area contributed by atoms with Crippen molar-refractivity contribution in [1.82, 2.24) is 0 Å². The van der Waals surface area contributed by atoms with Crippen molar-refractivity contribution in [3.8, 4) is 11.5 Å². The zero-order valence-electron chi connectivity index (χ0n) is 19.7. The topological polar surface area (TPSA) is 84.5 Å². The molecular formula is C27H21BrCl2N2O4S. The van der Waals surface area contributed by atoms with E-state index in [4.69, 9.17) is 27.9 Å². The molecule has 0 aliphatic rings. The third kappa shape index (κ3) is 6.45. The van der Waals surface area contributed by atoms with Crippen LogP contribution in [0.2, 0.25) is 10.0 Å². The average molecular weight is 620 g/mol. The lowest BCUT2D eigenvalue weighted by Crippen LogP contribution is -2.19. The monoisotopic (exact) mass is 618 g/mol. The van der Waals surface area contributed by atoms with Crippen molar-refractivity contribution in [1.29, 1.82) is 0 Å². The highest BCUT2D eigenvalue weighted by Gasteiger charge is 2.21. The lowest BCUT2D eigenvalue weighted by molar-refractivity contribution is 0.102. The molecule has 0 aliphatic carbocycles. The van der Waals surface area contributed by atoms with Gasteiger partial charge in [-0.15, -0.1) is 0 Å². The van der Waals surface area contributed by atoms with Crippen molar-refractivity contribution in [2.45, 2.75) is 18.7 Å². The Balaban J connectivity index is 1.57. The summed E-state index contributed by atoms with van der Waals surface area (Å²) in [6.45, 7) is 3.74. The average Bonchev–Trinajstić information content (AvgIpc) is 2.84. The highest BCUT2D eigenvalue weighted by molar-refractivity contribution is 9.10. The predicted molar refractivity (Wildman–Crippen MR) is 152 cm³/mol. The first-order chi connectivity index (χ1) is 17.5. The van der Waals surface area contributed by atoms with Gasteiger partial charge < -0.3 is 10.1 Å². The molecule has 4 aromatic rings. The first kappa shape index (κ1) is 27.0. The molecule has 0 aromatic heterocycles. The van der Waals surface area contributed by atoms with Crippen LogP contribution in [0.25, 0.3) is 0 Å². The van der Waals surface area contributed by atoms with E-state index < -0.39 is 15.9 Å². The van der Waals surface area contributed by atoms with Gasteiger partial charge in [-0.3, -0.25) is 9.52 Å². The van der Waals surface area contributed by atoms with E-state index in [-0.39, 0.29) is 16.1 Å². The van der Waals surface area contributed by atoms with Crippen LogP contribution in [-0.4, -0.2) is 14.3 Å². The minimum Gasteiger partial charge on any atom is -0.456 e. The molecule has 190 valence electrons. The zero-order valence-corrected chi connectivity index (χ0v) is 23.6. The molecule has 37 heavy (non-hydrogen) atoms. The molecular weight excluding hydrogens is 599 g/mol. The molecule has 0 radical (unpaired) electrons. The van der Waals surface area contributed by atoms with Crippen LogP contribution >= 0.6 is 39.1 Å². The van der Waals surface area contributed by atoms with E-state index in [1.807, 2.05) is 26.0 Å². The van der Waals surface area contributed by atoms with Crippen molar-refractivity contribution in [2.24, 2.45) is 0 Å². The summed E-state index contributed by atoms with van der Waals surface area (Å²) >= 11 is 15.7. The second-order valence-corrected chi connectivity index (χ2v) is 11.6. The van der Waals surface area contributed by atoms with Gasteiger partial charge in [-0.1, -0.05) is 51.3 Å². The van der Waals surface area contributed by atoms with Crippen LogP contribution in [0.5, 0.6) is 11.5 Å². The maximum absolute atomic E-state index is 13.2. The first-order valence-electron chi connectivity index (χ1n) is 11.0. The number of sulfonamides is 1. The van der Waals surface area contributed by atoms with Gasteiger partial charge in [0.25, 0.3) is 15.9 Å². The van der Waals surface area contributed by atoms with Crippen LogP contribution in [-0.2, 0) is 10.0 Å². The normalized spacial score (nSPS) is 11.2. The Morgan fingerprint density at radius 3 is 2.19 bits per heavy atom. The van der Waals surface area contributed by atoms with E-state index in [9.17, 15) is 13.2 Å². The fraction of sp³-hybridized carbons (Fsp3) is 0.0741. The van der Waals surface area contributed by atoms with Crippen LogP contribution in [0.4, 0.5) is 11.4 Å². The Kier molecular flexibility index (Phi) is 8.14. The van der Waals surface area contributed by atoms with E-state index in [1.165, 1.54) is 42.5 Å². The number of halogens is 3. The fourth-order valence-corrected chi connectivity index (χ4v) is 5.74. The maximum atomic E-state index is 13.2. The summed E-state index contributed by atoms with van der Waals surface area (Å²) in [5, 5.41) is 3.59. The lowest BCUT2D eigenvalue weighted by Gasteiger charge is -2.16. The van der Waals surface area contributed by atoms with Gasteiger partial charge >= 0.3 is 0 Å². The Morgan fingerprint density at radius 1 is 0.892 bits per heavy atom. The number of amides is 1. The summed E-state index contributed by atoms with van der Waals surface area (Å²) in [7, 11) is -4.04. The molecule has 0 fully saturated rings. The van der Waals surface area contributed by atoms with Crippen molar-refractivity contribution in [3.63, 3.8) is 0 Å². The number of ether oxygens (including phenoxy) is 1. The number of aryl methyl sites for hydroxylation is 2. The van der Waals surface area contributed by atoms with E-state index in [0.717, 1.165) is 15.6 Å². The molecule has 10 heteroatoms. The van der Waals surface area contributed by atoms with Gasteiger partial charge in [-0.2, -0.15) is 0 Å². The third-order valence-electron chi connectivity index (χ3n) is 5.41. The molecule has 0 aliphatic heterocycles. The van der Waals surface area contributed by atoms with Crippen LogP contribution in [0.15, 0.2) is 88.2 Å². The van der Waals surface area contributed by atoms with Crippen LogP contribution in [0.1, 0.15) is 21.5 Å². The van der Waals surface area contributed by atoms with Crippen molar-refractivity contribution >= 4 is 66.4 Å². The molecule has 0 bridgehead atoms. The number of nitrogens with one attached hydrogen (secondary N) is 2. The van der Waals surface area contributed by atoms with Gasteiger partial charge in [0.15, 0.2) is 0 Å². The predicted octanol–water partition coefficient (Wildman–Crippen LogP) is 8.22. The number of benzene rings is 4. The van der Waals surface area contributed by atoms with Crippen LogP contribution in [0, 0.1) is 13.8 Å². The van der Waals surface area contributed by atoms with Gasteiger partial charge in [0, 0.05) is 15.2 Å². The fourth-order valence-electron chi connectivity index (χ4n) is 3.63. The molecule has 0 heterocycles. The Labute approximate surface area is 233 Å². The Bertz CT molecular complexity index is 1570. The highest BCUT2D eigenvalue weighted by Crippen LogP contribution is 2.31. The van der Waals surface area contributed by atoms with Crippen molar-refractivity contribution in [3.05, 3.63) is 110 Å². The number of rotatable bonds is 7. The van der Waals surface area contributed by atoms with E-state index in [1.54, 1.807) is 24.3 Å². The lowest BCUT2D eigenvalue weighted by atomic mass is 10.1. The summed E-state index contributed by atoms with van der Waals surface area (Å²) in [6, 6.07) is 20.9. The van der Waals surface area contributed by atoms with E-state index in [2.05, 4.69) is 26.0 Å². The van der Waals surface area contributed by atoms with E-state index >= 15 is 0 Å². The standard InChI is InChI=1S/C27H21BrCl2N2O4S/c1-16-13-18(28)14-17(2)26(16)31-27(33)22-15-19(29)7-12-24(22)32-37(34,35)21-10-8-20(9-11-21)36-25-6-4-3-5-23(25)30/h3-15,32H,1-2H3,(H,31,33). The summed E-state index contributed by atoms with van der Waals surface area (Å²) < 4.78 is 35.4. The zero-order chi connectivity index (χ0) is 26.7.